The Morgan fingerprint density at radius 2 is 1.69 bits per heavy atom. The third-order valence-corrected chi connectivity index (χ3v) is 6.18. The van der Waals surface area contributed by atoms with Gasteiger partial charge < -0.3 is 10.1 Å². The van der Waals surface area contributed by atoms with E-state index in [1.54, 1.807) is 55.5 Å². The van der Waals surface area contributed by atoms with Gasteiger partial charge in [0.15, 0.2) is 0 Å². The van der Waals surface area contributed by atoms with Crippen LogP contribution in [0.5, 0.6) is 0 Å². The SMILES string of the molecule is CCOC(=O)c1cccc(NC(=O)C2CCCCC2CN2C(=O)c3ccccc3C2=O)c1. The fourth-order valence-electron chi connectivity index (χ4n) is 4.58. The minimum atomic E-state index is -0.440. The zero-order valence-electron chi connectivity index (χ0n) is 18.0. The van der Waals surface area contributed by atoms with Crippen LogP contribution < -0.4 is 5.32 Å². The van der Waals surface area contributed by atoms with Crippen LogP contribution in [0.1, 0.15) is 63.7 Å². The number of anilines is 1. The molecule has 0 aromatic heterocycles. The molecule has 0 saturated heterocycles. The predicted molar refractivity (Wildman–Crippen MR) is 118 cm³/mol. The summed E-state index contributed by atoms with van der Waals surface area (Å²) in [6.45, 7) is 2.24. The third-order valence-electron chi connectivity index (χ3n) is 6.18. The quantitative estimate of drug-likeness (QED) is 0.550. The topological polar surface area (TPSA) is 92.8 Å². The first-order valence-corrected chi connectivity index (χ1v) is 11.0. The van der Waals surface area contributed by atoms with Gasteiger partial charge in [0.05, 0.1) is 23.3 Å². The summed E-state index contributed by atoms with van der Waals surface area (Å²) in [5.41, 5.74) is 1.73. The molecule has 0 spiro atoms. The minimum Gasteiger partial charge on any atom is -0.462 e. The van der Waals surface area contributed by atoms with E-state index < -0.39 is 5.97 Å². The molecule has 32 heavy (non-hydrogen) atoms. The van der Waals surface area contributed by atoms with Crippen LogP contribution in [-0.4, -0.2) is 41.7 Å². The molecule has 2 atom stereocenters. The van der Waals surface area contributed by atoms with Gasteiger partial charge in [-0.3, -0.25) is 19.3 Å². The van der Waals surface area contributed by atoms with Gasteiger partial charge in [-0.15, -0.1) is 0 Å². The van der Waals surface area contributed by atoms with Crippen LogP contribution in [0.4, 0.5) is 5.69 Å². The number of nitrogens with zero attached hydrogens (tertiary/aromatic N) is 1. The van der Waals surface area contributed by atoms with Gasteiger partial charge in [0.2, 0.25) is 5.91 Å². The van der Waals surface area contributed by atoms with Gasteiger partial charge in [0, 0.05) is 18.2 Å². The standard InChI is InChI=1S/C25H26N2O5/c1-2-32-25(31)16-9-7-10-18(14-16)26-22(28)19-11-4-3-8-17(19)15-27-23(29)20-12-5-6-13-21(20)24(27)30/h5-7,9-10,12-14,17,19H,2-4,8,11,15H2,1H3,(H,26,28). The Kier molecular flexibility index (Phi) is 6.35. The van der Waals surface area contributed by atoms with Gasteiger partial charge >= 0.3 is 5.97 Å². The van der Waals surface area contributed by atoms with Crippen molar-refractivity contribution in [2.24, 2.45) is 11.8 Å². The smallest absolute Gasteiger partial charge is 0.338 e. The second-order valence-corrected chi connectivity index (χ2v) is 8.21. The highest BCUT2D eigenvalue weighted by atomic mass is 16.5. The van der Waals surface area contributed by atoms with E-state index in [0.717, 1.165) is 19.3 Å². The molecule has 1 heterocycles. The van der Waals surface area contributed by atoms with E-state index in [1.165, 1.54) is 4.90 Å². The number of ether oxygens (including phenoxy) is 1. The van der Waals surface area contributed by atoms with Crippen LogP contribution in [0.2, 0.25) is 0 Å². The Labute approximate surface area is 186 Å². The minimum absolute atomic E-state index is 0.112. The van der Waals surface area contributed by atoms with Crippen molar-refractivity contribution in [3.63, 3.8) is 0 Å². The molecule has 7 heteroatoms. The Bertz CT molecular complexity index is 1030. The van der Waals surface area contributed by atoms with E-state index >= 15 is 0 Å². The highest BCUT2D eigenvalue weighted by Crippen LogP contribution is 2.34. The number of carbonyl (C=O) groups excluding carboxylic acids is 4. The maximum absolute atomic E-state index is 13.1. The number of imide groups is 1. The molecule has 1 saturated carbocycles. The predicted octanol–water partition coefficient (Wildman–Crippen LogP) is 3.90. The molecule has 2 aromatic rings. The van der Waals surface area contributed by atoms with Crippen molar-refractivity contribution >= 4 is 29.4 Å². The number of nitrogens with one attached hydrogen (secondary N) is 1. The average molecular weight is 434 g/mol. The Hall–Kier alpha value is -3.48. The fraction of sp³-hybridized carbons (Fsp3) is 0.360. The maximum Gasteiger partial charge on any atom is 0.338 e. The first kappa shape index (κ1) is 21.7. The van der Waals surface area contributed by atoms with Gasteiger partial charge in [0.25, 0.3) is 11.8 Å². The van der Waals surface area contributed by atoms with Gasteiger partial charge in [-0.25, -0.2) is 4.79 Å². The zero-order valence-corrected chi connectivity index (χ0v) is 18.0. The second-order valence-electron chi connectivity index (χ2n) is 8.21. The number of hydrogen-bond donors (Lipinski definition) is 1. The highest BCUT2D eigenvalue weighted by Gasteiger charge is 2.40. The van der Waals surface area contributed by atoms with E-state index in [0.29, 0.717) is 28.8 Å². The monoisotopic (exact) mass is 434 g/mol. The van der Waals surface area contributed by atoms with E-state index in [1.807, 2.05) is 0 Å². The van der Waals surface area contributed by atoms with Crippen molar-refractivity contribution in [1.29, 1.82) is 0 Å². The highest BCUT2D eigenvalue weighted by molar-refractivity contribution is 6.21. The molecule has 7 nitrogen and oxygen atoms in total. The summed E-state index contributed by atoms with van der Waals surface area (Å²) in [5.74, 6) is -1.62. The van der Waals surface area contributed by atoms with Crippen molar-refractivity contribution in [3.05, 3.63) is 65.2 Å². The molecule has 1 aliphatic heterocycles. The van der Waals surface area contributed by atoms with E-state index in [2.05, 4.69) is 5.32 Å². The summed E-state index contributed by atoms with van der Waals surface area (Å²) < 4.78 is 5.02. The molecule has 1 N–H and O–H groups in total. The molecule has 2 unspecified atom stereocenters. The average Bonchev–Trinajstić information content (AvgIpc) is 3.05. The lowest BCUT2D eigenvalue weighted by Crippen LogP contribution is -2.41. The molecular formula is C25H26N2O5. The van der Waals surface area contributed by atoms with Gasteiger partial charge in [0.1, 0.15) is 0 Å². The Morgan fingerprint density at radius 3 is 2.38 bits per heavy atom. The molecule has 2 aliphatic rings. The van der Waals surface area contributed by atoms with Crippen molar-refractivity contribution in [3.8, 4) is 0 Å². The van der Waals surface area contributed by atoms with Crippen LogP contribution in [0.3, 0.4) is 0 Å². The first-order valence-electron chi connectivity index (χ1n) is 11.0. The van der Waals surface area contributed by atoms with E-state index in [-0.39, 0.29) is 42.7 Å². The molecule has 2 aromatic carbocycles. The van der Waals surface area contributed by atoms with Crippen molar-refractivity contribution in [1.82, 2.24) is 4.90 Å². The van der Waals surface area contributed by atoms with Crippen LogP contribution in [-0.2, 0) is 9.53 Å². The summed E-state index contributed by atoms with van der Waals surface area (Å²) in [4.78, 5) is 51.9. The number of hydrogen-bond acceptors (Lipinski definition) is 5. The lowest BCUT2D eigenvalue weighted by atomic mass is 9.78. The lowest BCUT2D eigenvalue weighted by Gasteiger charge is -2.32. The summed E-state index contributed by atoms with van der Waals surface area (Å²) >= 11 is 0. The molecule has 4 rings (SSSR count). The molecule has 0 radical (unpaired) electrons. The molecular weight excluding hydrogens is 408 g/mol. The van der Waals surface area contributed by atoms with Gasteiger partial charge in [-0.1, -0.05) is 31.0 Å². The Balaban J connectivity index is 1.47. The zero-order chi connectivity index (χ0) is 22.7. The largest absolute Gasteiger partial charge is 0.462 e. The summed E-state index contributed by atoms with van der Waals surface area (Å²) in [6, 6.07) is 13.5. The number of carbonyl (C=O) groups is 4. The fourth-order valence-corrected chi connectivity index (χ4v) is 4.58. The molecule has 1 fully saturated rings. The van der Waals surface area contributed by atoms with Crippen LogP contribution in [0, 0.1) is 11.8 Å². The molecule has 3 amide bonds. The normalized spacial score (nSPS) is 20.1. The summed E-state index contributed by atoms with van der Waals surface area (Å²) in [5, 5.41) is 2.91. The van der Waals surface area contributed by atoms with E-state index in [4.69, 9.17) is 4.74 Å². The Morgan fingerprint density at radius 1 is 1.00 bits per heavy atom. The number of benzene rings is 2. The van der Waals surface area contributed by atoms with E-state index in [9.17, 15) is 19.2 Å². The molecule has 1 aliphatic carbocycles. The van der Waals surface area contributed by atoms with Crippen LogP contribution >= 0.6 is 0 Å². The van der Waals surface area contributed by atoms with Crippen LogP contribution in [0.15, 0.2) is 48.5 Å². The first-order chi connectivity index (χ1) is 15.5. The molecule has 0 bridgehead atoms. The third kappa shape index (κ3) is 4.28. The number of amides is 3. The summed E-state index contributed by atoms with van der Waals surface area (Å²) in [6.07, 6.45) is 3.33. The number of esters is 1. The lowest BCUT2D eigenvalue weighted by molar-refractivity contribution is -0.122. The van der Waals surface area contributed by atoms with Crippen LogP contribution in [0.25, 0.3) is 0 Å². The van der Waals surface area contributed by atoms with Crippen molar-refractivity contribution in [2.75, 3.05) is 18.5 Å². The number of rotatable bonds is 6. The number of fused-ring (bicyclic) bond motifs is 1. The second kappa shape index (κ2) is 9.34. The molecule has 166 valence electrons. The van der Waals surface area contributed by atoms with Crippen molar-refractivity contribution < 1.29 is 23.9 Å². The van der Waals surface area contributed by atoms with Gasteiger partial charge in [-0.2, -0.15) is 0 Å². The van der Waals surface area contributed by atoms with Crippen molar-refractivity contribution in [2.45, 2.75) is 32.6 Å². The maximum atomic E-state index is 13.1. The summed E-state index contributed by atoms with van der Waals surface area (Å²) in [7, 11) is 0. The van der Waals surface area contributed by atoms with Gasteiger partial charge in [-0.05, 0) is 56.0 Å².